The molecule has 2 aromatic rings. The molecular formula is C16H18N4O3S. The molecule has 24 heavy (non-hydrogen) atoms. The average Bonchev–Trinajstić information content (AvgIpc) is 2.96. The third-order valence-electron chi connectivity index (χ3n) is 3.72. The zero-order chi connectivity index (χ0) is 17.3. The van der Waals surface area contributed by atoms with Gasteiger partial charge in [0.1, 0.15) is 10.8 Å². The number of rotatable bonds is 4. The van der Waals surface area contributed by atoms with Crippen LogP contribution in [0.1, 0.15) is 30.8 Å². The second-order valence-electron chi connectivity index (χ2n) is 5.79. The van der Waals surface area contributed by atoms with Gasteiger partial charge in [0, 0.05) is 6.42 Å². The summed E-state index contributed by atoms with van der Waals surface area (Å²) in [6, 6.07) is 5.39. The van der Waals surface area contributed by atoms with E-state index in [0.717, 1.165) is 23.4 Å². The first-order valence-electron chi connectivity index (χ1n) is 7.67. The second-order valence-corrected chi connectivity index (χ2v) is 6.86. The Hall–Kier alpha value is -2.48. The van der Waals surface area contributed by atoms with Gasteiger partial charge in [-0.2, -0.15) is 0 Å². The van der Waals surface area contributed by atoms with E-state index >= 15 is 0 Å². The highest BCUT2D eigenvalue weighted by Gasteiger charge is 2.47. The summed E-state index contributed by atoms with van der Waals surface area (Å²) in [5, 5.41) is 14.5. The van der Waals surface area contributed by atoms with Crippen LogP contribution in [0, 0.1) is 6.92 Å². The van der Waals surface area contributed by atoms with Crippen LogP contribution >= 0.6 is 11.3 Å². The van der Waals surface area contributed by atoms with Gasteiger partial charge in [0.05, 0.1) is 5.69 Å². The minimum atomic E-state index is -1.67. The van der Waals surface area contributed by atoms with Crippen molar-refractivity contribution in [2.24, 2.45) is 0 Å². The standard InChI is InChI=1S/C16H18N4O3S/c1-4-5-12-19-20-15(24-12)18-14(22)16(3)13(21)17-10-8-9(2)6-7-11(10)23-16/h6-8H,4-5H2,1-3H3,(H,17,21)(H,18,20,22). The van der Waals surface area contributed by atoms with Crippen molar-refractivity contribution in [3.63, 3.8) is 0 Å². The third kappa shape index (κ3) is 2.96. The van der Waals surface area contributed by atoms with E-state index in [1.165, 1.54) is 18.3 Å². The summed E-state index contributed by atoms with van der Waals surface area (Å²) in [5.41, 5.74) is -0.117. The van der Waals surface area contributed by atoms with Crippen LogP contribution in [0.15, 0.2) is 18.2 Å². The Kier molecular flexibility index (Phi) is 4.23. The van der Waals surface area contributed by atoms with Crippen LogP contribution in [-0.2, 0) is 16.0 Å². The van der Waals surface area contributed by atoms with Crippen molar-refractivity contribution in [3.05, 3.63) is 28.8 Å². The number of nitrogens with zero attached hydrogens (tertiary/aromatic N) is 2. The van der Waals surface area contributed by atoms with Gasteiger partial charge >= 0.3 is 0 Å². The van der Waals surface area contributed by atoms with Gasteiger partial charge in [-0.15, -0.1) is 10.2 Å². The molecule has 1 atom stereocenters. The SMILES string of the molecule is CCCc1nnc(NC(=O)C2(C)Oc3ccc(C)cc3NC2=O)s1. The summed E-state index contributed by atoms with van der Waals surface area (Å²) in [6.45, 7) is 5.39. The number of aromatic nitrogens is 2. The predicted molar refractivity (Wildman–Crippen MR) is 91.4 cm³/mol. The molecule has 0 aliphatic carbocycles. The minimum absolute atomic E-state index is 0.357. The highest BCUT2D eigenvalue weighted by Crippen LogP contribution is 2.35. The van der Waals surface area contributed by atoms with Gasteiger partial charge in [0.15, 0.2) is 0 Å². The Morgan fingerprint density at radius 3 is 2.96 bits per heavy atom. The summed E-state index contributed by atoms with van der Waals surface area (Å²) < 4.78 is 5.71. The number of aryl methyl sites for hydroxylation is 2. The number of fused-ring (bicyclic) bond motifs is 1. The van der Waals surface area contributed by atoms with E-state index in [-0.39, 0.29) is 0 Å². The molecule has 2 amide bonds. The van der Waals surface area contributed by atoms with E-state index in [9.17, 15) is 9.59 Å². The molecule has 1 aromatic carbocycles. The molecule has 2 heterocycles. The number of anilines is 2. The molecule has 0 spiro atoms. The molecule has 2 N–H and O–H groups in total. The molecule has 126 valence electrons. The van der Waals surface area contributed by atoms with Crippen LogP contribution in [0.5, 0.6) is 5.75 Å². The van der Waals surface area contributed by atoms with Crippen molar-refractivity contribution in [1.82, 2.24) is 10.2 Å². The van der Waals surface area contributed by atoms with Crippen molar-refractivity contribution < 1.29 is 14.3 Å². The third-order valence-corrected chi connectivity index (χ3v) is 4.61. The number of amides is 2. The maximum Gasteiger partial charge on any atom is 0.280 e. The topological polar surface area (TPSA) is 93.2 Å². The van der Waals surface area contributed by atoms with Gasteiger partial charge in [-0.1, -0.05) is 24.3 Å². The number of nitrogens with one attached hydrogen (secondary N) is 2. The Bertz CT molecular complexity index is 804. The fourth-order valence-electron chi connectivity index (χ4n) is 2.32. The van der Waals surface area contributed by atoms with Crippen molar-refractivity contribution >= 4 is 34.0 Å². The minimum Gasteiger partial charge on any atom is -0.466 e. The van der Waals surface area contributed by atoms with Crippen LogP contribution in [0.4, 0.5) is 10.8 Å². The lowest BCUT2D eigenvalue weighted by atomic mass is 10.0. The van der Waals surface area contributed by atoms with E-state index in [0.29, 0.717) is 16.6 Å². The highest BCUT2D eigenvalue weighted by molar-refractivity contribution is 7.15. The van der Waals surface area contributed by atoms with Gasteiger partial charge < -0.3 is 10.1 Å². The summed E-state index contributed by atoms with van der Waals surface area (Å²) in [7, 11) is 0. The van der Waals surface area contributed by atoms with Crippen molar-refractivity contribution in [1.29, 1.82) is 0 Å². The van der Waals surface area contributed by atoms with Crippen LogP contribution in [0.2, 0.25) is 0 Å². The summed E-state index contributed by atoms with van der Waals surface area (Å²) >= 11 is 1.30. The number of carbonyl (C=O) groups is 2. The monoisotopic (exact) mass is 346 g/mol. The van der Waals surface area contributed by atoms with Gasteiger partial charge in [-0.25, -0.2) is 0 Å². The molecule has 0 radical (unpaired) electrons. The van der Waals surface area contributed by atoms with Gasteiger partial charge in [-0.3, -0.25) is 14.9 Å². The summed E-state index contributed by atoms with van der Waals surface area (Å²) in [6.07, 6.45) is 1.75. The van der Waals surface area contributed by atoms with Gasteiger partial charge in [0.2, 0.25) is 5.13 Å². The van der Waals surface area contributed by atoms with Crippen molar-refractivity contribution in [2.75, 3.05) is 10.6 Å². The van der Waals surface area contributed by atoms with Crippen molar-refractivity contribution in [3.8, 4) is 5.75 Å². The largest absolute Gasteiger partial charge is 0.466 e. The van der Waals surface area contributed by atoms with Crippen LogP contribution in [-0.4, -0.2) is 27.6 Å². The van der Waals surface area contributed by atoms with Crippen LogP contribution in [0.3, 0.4) is 0 Å². The Morgan fingerprint density at radius 2 is 2.21 bits per heavy atom. The van der Waals surface area contributed by atoms with Crippen LogP contribution in [0.25, 0.3) is 0 Å². The molecule has 1 aromatic heterocycles. The summed E-state index contributed by atoms with van der Waals surface area (Å²) in [5.74, 6) is -0.636. The zero-order valence-corrected chi connectivity index (χ0v) is 14.5. The van der Waals surface area contributed by atoms with E-state index in [1.807, 2.05) is 19.9 Å². The quantitative estimate of drug-likeness (QED) is 0.830. The molecule has 7 nitrogen and oxygen atoms in total. The number of hydrogen-bond donors (Lipinski definition) is 2. The number of hydrogen-bond acceptors (Lipinski definition) is 6. The number of benzene rings is 1. The fraction of sp³-hybridized carbons (Fsp3) is 0.375. The lowest BCUT2D eigenvalue weighted by Crippen LogP contribution is -2.56. The number of ether oxygens (including phenoxy) is 1. The highest BCUT2D eigenvalue weighted by atomic mass is 32.1. The molecule has 1 aliphatic rings. The molecule has 8 heteroatoms. The van der Waals surface area contributed by atoms with E-state index < -0.39 is 17.4 Å². The van der Waals surface area contributed by atoms with Gasteiger partial charge in [0.25, 0.3) is 17.4 Å². The number of carbonyl (C=O) groups excluding carboxylic acids is 2. The first kappa shape index (κ1) is 16.4. The van der Waals surface area contributed by atoms with E-state index in [2.05, 4.69) is 20.8 Å². The molecule has 1 unspecified atom stereocenters. The van der Waals surface area contributed by atoms with E-state index in [4.69, 9.17) is 4.74 Å². The predicted octanol–water partition coefficient (Wildman–Crippen LogP) is 2.53. The molecule has 0 saturated heterocycles. The van der Waals surface area contributed by atoms with Crippen LogP contribution < -0.4 is 15.4 Å². The maximum absolute atomic E-state index is 12.6. The van der Waals surface area contributed by atoms with E-state index in [1.54, 1.807) is 12.1 Å². The van der Waals surface area contributed by atoms with Gasteiger partial charge in [-0.05, 0) is 38.0 Å². The lowest BCUT2D eigenvalue weighted by Gasteiger charge is -2.33. The first-order valence-corrected chi connectivity index (χ1v) is 8.49. The molecule has 3 rings (SSSR count). The second kappa shape index (κ2) is 6.20. The molecular weight excluding hydrogens is 328 g/mol. The molecule has 0 bridgehead atoms. The summed E-state index contributed by atoms with van der Waals surface area (Å²) in [4.78, 5) is 25.0. The maximum atomic E-state index is 12.6. The Morgan fingerprint density at radius 1 is 1.42 bits per heavy atom. The normalized spacial score (nSPS) is 19.2. The fourth-order valence-corrected chi connectivity index (χ4v) is 3.16. The zero-order valence-electron chi connectivity index (χ0n) is 13.7. The molecule has 0 fully saturated rings. The first-order chi connectivity index (χ1) is 11.4. The average molecular weight is 346 g/mol. The van der Waals surface area contributed by atoms with Crippen molar-refractivity contribution in [2.45, 2.75) is 39.2 Å². The smallest absolute Gasteiger partial charge is 0.280 e. The Labute approximate surface area is 143 Å². The Balaban J connectivity index is 1.80. The molecule has 1 aliphatic heterocycles. The lowest BCUT2D eigenvalue weighted by molar-refractivity contribution is -0.143. The molecule has 0 saturated carbocycles.